The minimum atomic E-state index is -0.545. The summed E-state index contributed by atoms with van der Waals surface area (Å²) in [6.45, 7) is 0. The fourth-order valence-electron chi connectivity index (χ4n) is 2.23. The summed E-state index contributed by atoms with van der Waals surface area (Å²) in [6.07, 6.45) is 3.47. The van der Waals surface area contributed by atoms with Gasteiger partial charge in [-0.25, -0.2) is 4.98 Å². The molecule has 1 N–H and O–H groups in total. The van der Waals surface area contributed by atoms with Crippen molar-refractivity contribution in [2.24, 2.45) is 0 Å². The van der Waals surface area contributed by atoms with Gasteiger partial charge in [0.2, 0.25) is 0 Å². The zero-order valence-electron chi connectivity index (χ0n) is 12.7. The molecule has 7 heteroatoms. The number of ether oxygens (including phenoxy) is 1. The number of fused-ring (bicyclic) bond motifs is 1. The van der Waals surface area contributed by atoms with Gasteiger partial charge >= 0.3 is 0 Å². The van der Waals surface area contributed by atoms with E-state index in [9.17, 15) is 14.9 Å². The van der Waals surface area contributed by atoms with Crippen molar-refractivity contribution in [3.05, 3.63) is 74.3 Å². The Morgan fingerprint density at radius 2 is 1.92 bits per heavy atom. The highest BCUT2D eigenvalue weighted by atomic mass is 16.6. The average molecular weight is 323 g/mol. The van der Waals surface area contributed by atoms with Gasteiger partial charge in [0, 0.05) is 12.1 Å². The lowest BCUT2D eigenvalue weighted by molar-refractivity contribution is -0.384. The van der Waals surface area contributed by atoms with Gasteiger partial charge in [-0.05, 0) is 29.8 Å². The molecule has 7 nitrogen and oxygen atoms in total. The molecule has 0 spiro atoms. The Labute approximate surface area is 136 Å². The van der Waals surface area contributed by atoms with E-state index in [4.69, 9.17) is 4.74 Å². The van der Waals surface area contributed by atoms with Gasteiger partial charge in [0.15, 0.2) is 0 Å². The van der Waals surface area contributed by atoms with Crippen LogP contribution < -0.4 is 10.3 Å². The van der Waals surface area contributed by atoms with Crippen LogP contribution >= 0.6 is 0 Å². The number of H-pyrrole nitrogens is 1. The van der Waals surface area contributed by atoms with Crippen LogP contribution in [0.25, 0.3) is 23.1 Å². The number of nitrogens with zero attached hydrogens (tertiary/aromatic N) is 2. The minimum Gasteiger partial charge on any atom is -0.497 e. The highest BCUT2D eigenvalue weighted by molar-refractivity contribution is 5.81. The number of methoxy groups -OCH3 is 1. The smallest absolute Gasteiger partial charge is 0.270 e. The SMILES string of the molecule is COc1ccc(/C=C/c2nc3ccc([N+](=O)[O-])cc3c(=O)[nH]2)cc1. The quantitative estimate of drug-likeness (QED) is 0.588. The van der Waals surface area contributed by atoms with Crippen molar-refractivity contribution in [2.45, 2.75) is 0 Å². The third-order valence-corrected chi connectivity index (χ3v) is 3.47. The Morgan fingerprint density at radius 1 is 1.17 bits per heavy atom. The number of hydrogen-bond acceptors (Lipinski definition) is 5. The van der Waals surface area contributed by atoms with Crippen molar-refractivity contribution < 1.29 is 9.66 Å². The summed E-state index contributed by atoms with van der Waals surface area (Å²) in [5.41, 5.74) is 0.760. The van der Waals surface area contributed by atoms with E-state index in [-0.39, 0.29) is 11.1 Å². The number of benzene rings is 2. The molecule has 0 radical (unpaired) electrons. The van der Waals surface area contributed by atoms with Crippen LogP contribution in [0.2, 0.25) is 0 Å². The summed E-state index contributed by atoms with van der Waals surface area (Å²) < 4.78 is 5.09. The van der Waals surface area contributed by atoms with Crippen molar-refractivity contribution in [1.82, 2.24) is 9.97 Å². The van der Waals surface area contributed by atoms with Crippen LogP contribution in [0.3, 0.4) is 0 Å². The van der Waals surface area contributed by atoms with Crippen LogP contribution in [0.1, 0.15) is 11.4 Å². The average Bonchev–Trinajstić information content (AvgIpc) is 2.60. The second-order valence-electron chi connectivity index (χ2n) is 5.02. The van der Waals surface area contributed by atoms with Gasteiger partial charge in [-0.1, -0.05) is 18.2 Å². The van der Waals surface area contributed by atoms with E-state index in [1.807, 2.05) is 24.3 Å². The van der Waals surface area contributed by atoms with E-state index in [0.29, 0.717) is 11.3 Å². The standard InChI is InChI=1S/C17H13N3O4/c1-24-13-6-2-11(3-7-13)4-9-16-18-15-8-5-12(20(22)23)10-14(15)17(21)19-16/h2-10H,1H3,(H,18,19,21)/b9-4+. The van der Waals surface area contributed by atoms with Crippen LogP contribution in [-0.2, 0) is 0 Å². The molecule has 0 saturated heterocycles. The number of aromatic nitrogens is 2. The first-order chi connectivity index (χ1) is 11.6. The van der Waals surface area contributed by atoms with Crippen molar-refractivity contribution in [3.8, 4) is 5.75 Å². The molecule has 2 aromatic carbocycles. The number of nitro benzene ring substituents is 1. The van der Waals surface area contributed by atoms with Gasteiger partial charge in [-0.3, -0.25) is 14.9 Å². The lowest BCUT2D eigenvalue weighted by Crippen LogP contribution is -2.10. The molecule has 3 rings (SSSR count). The van der Waals surface area contributed by atoms with Gasteiger partial charge in [-0.2, -0.15) is 0 Å². The van der Waals surface area contributed by atoms with Gasteiger partial charge in [-0.15, -0.1) is 0 Å². The molecule has 0 amide bonds. The normalized spacial score (nSPS) is 11.0. The largest absolute Gasteiger partial charge is 0.497 e. The molecule has 24 heavy (non-hydrogen) atoms. The molecular weight excluding hydrogens is 310 g/mol. The Bertz CT molecular complexity index is 991. The highest BCUT2D eigenvalue weighted by Crippen LogP contribution is 2.17. The predicted octanol–water partition coefficient (Wildman–Crippen LogP) is 3.01. The number of rotatable bonds is 4. The second kappa shape index (κ2) is 6.33. The molecule has 0 saturated carbocycles. The summed E-state index contributed by atoms with van der Waals surface area (Å²) in [5.74, 6) is 1.13. The molecule has 0 aliphatic heterocycles. The fraction of sp³-hybridized carbons (Fsp3) is 0.0588. The molecule has 0 atom stereocenters. The lowest BCUT2D eigenvalue weighted by atomic mass is 10.2. The van der Waals surface area contributed by atoms with Crippen LogP contribution in [0.4, 0.5) is 5.69 Å². The fourth-order valence-corrected chi connectivity index (χ4v) is 2.23. The zero-order valence-corrected chi connectivity index (χ0v) is 12.7. The van der Waals surface area contributed by atoms with Crippen LogP contribution in [0.5, 0.6) is 5.75 Å². The number of hydrogen-bond donors (Lipinski definition) is 1. The molecule has 0 bridgehead atoms. The third kappa shape index (κ3) is 3.14. The highest BCUT2D eigenvalue weighted by Gasteiger charge is 2.09. The Balaban J connectivity index is 1.95. The van der Waals surface area contributed by atoms with Crippen LogP contribution in [-0.4, -0.2) is 22.0 Å². The summed E-state index contributed by atoms with van der Waals surface area (Å²) in [7, 11) is 1.60. The van der Waals surface area contributed by atoms with E-state index in [0.717, 1.165) is 11.3 Å². The molecule has 0 aliphatic carbocycles. The first-order valence-electron chi connectivity index (χ1n) is 7.07. The number of nitrogens with one attached hydrogen (secondary N) is 1. The summed E-state index contributed by atoms with van der Waals surface area (Å²) >= 11 is 0. The van der Waals surface area contributed by atoms with Crippen molar-refractivity contribution in [3.63, 3.8) is 0 Å². The molecule has 0 fully saturated rings. The third-order valence-electron chi connectivity index (χ3n) is 3.47. The van der Waals surface area contributed by atoms with Crippen molar-refractivity contribution >= 4 is 28.7 Å². The first kappa shape index (κ1) is 15.4. The lowest BCUT2D eigenvalue weighted by Gasteiger charge is -2.00. The second-order valence-corrected chi connectivity index (χ2v) is 5.02. The first-order valence-corrected chi connectivity index (χ1v) is 7.07. The molecule has 120 valence electrons. The van der Waals surface area contributed by atoms with Crippen LogP contribution in [0, 0.1) is 10.1 Å². The topological polar surface area (TPSA) is 98.1 Å². The summed E-state index contributed by atoms with van der Waals surface area (Å²) in [5, 5.41) is 11.0. The Morgan fingerprint density at radius 3 is 2.58 bits per heavy atom. The van der Waals surface area contributed by atoms with E-state index >= 15 is 0 Å². The molecule has 3 aromatic rings. The van der Waals surface area contributed by atoms with Gasteiger partial charge in [0.05, 0.1) is 22.9 Å². The van der Waals surface area contributed by atoms with E-state index in [2.05, 4.69) is 9.97 Å². The van der Waals surface area contributed by atoms with E-state index in [1.165, 1.54) is 18.2 Å². The Hall–Kier alpha value is -3.48. The monoisotopic (exact) mass is 323 g/mol. The maximum atomic E-state index is 12.1. The molecular formula is C17H13N3O4. The number of aromatic amines is 1. The maximum absolute atomic E-state index is 12.1. The minimum absolute atomic E-state index is 0.142. The van der Waals surface area contributed by atoms with E-state index in [1.54, 1.807) is 19.3 Å². The van der Waals surface area contributed by atoms with Crippen molar-refractivity contribution in [1.29, 1.82) is 0 Å². The van der Waals surface area contributed by atoms with Crippen LogP contribution in [0.15, 0.2) is 47.3 Å². The predicted molar refractivity (Wildman–Crippen MR) is 90.9 cm³/mol. The molecule has 1 heterocycles. The summed E-state index contributed by atoms with van der Waals surface area (Å²) in [6, 6.07) is 11.4. The van der Waals surface area contributed by atoms with E-state index < -0.39 is 10.5 Å². The van der Waals surface area contributed by atoms with Gasteiger partial charge < -0.3 is 9.72 Å². The molecule has 1 aromatic heterocycles. The number of nitro groups is 1. The van der Waals surface area contributed by atoms with Crippen molar-refractivity contribution in [2.75, 3.05) is 7.11 Å². The number of non-ortho nitro benzene ring substituents is 1. The summed E-state index contributed by atoms with van der Waals surface area (Å²) in [4.78, 5) is 29.2. The zero-order chi connectivity index (χ0) is 17.1. The molecule has 0 unspecified atom stereocenters. The van der Waals surface area contributed by atoms with Gasteiger partial charge in [0.25, 0.3) is 11.2 Å². The molecule has 0 aliphatic rings. The Kier molecular flexibility index (Phi) is 4.07. The maximum Gasteiger partial charge on any atom is 0.270 e. The van der Waals surface area contributed by atoms with Gasteiger partial charge in [0.1, 0.15) is 11.6 Å².